The molecule has 1 aromatic heterocycles. The molecule has 212 valence electrons. The molecule has 2 aromatic carbocycles. The highest BCUT2D eigenvalue weighted by Crippen LogP contribution is 2.40. The zero-order chi connectivity index (χ0) is 29.0. The summed E-state index contributed by atoms with van der Waals surface area (Å²) < 4.78 is 48.2. The van der Waals surface area contributed by atoms with Crippen LogP contribution in [0.2, 0.25) is 0 Å². The van der Waals surface area contributed by atoms with Gasteiger partial charge in [0.1, 0.15) is 17.7 Å². The van der Waals surface area contributed by atoms with Gasteiger partial charge in [0.05, 0.1) is 6.54 Å². The van der Waals surface area contributed by atoms with E-state index >= 15 is 8.78 Å². The molecule has 13 heteroatoms. The number of anilines is 1. The maximum absolute atomic E-state index is 15.7. The first kappa shape index (κ1) is 28.4. The molecule has 0 spiro atoms. The number of phenolic OH excluding ortho intramolecular Hbond substituents is 1. The number of rotatable bonds is 10. The van der Waals surface area contributed by atoms with E-state index in [0.717, 1.165) is 5.69 Å². The molecule has 1 aliphatic heterocycles. The van der Waals surface area contributed by atoms with Crippen LogP contribution in [0.5, 0.6) is 34.8 Å². The molecule has 0 bridgehead atoms. The maximum atomic E-state index is 15.7. The SMILES string of the molecule is CN(C)c1cccc(Oc2nc(Oc3cc(C(=N)N)ccc3O)c(F)c(OC3CCN(CC(=O)O)CC3)c2F)c1. The number of hydrogen-bond acceptors (Lipinski definition) is 9. The molecule has 1 saturated heterocycles. The number of phenols is 1. The Kier molecular flexibility index (Phi) is 8.53. The first-order chi connectivity index (χ1) is 19.0. The van der Waals surface area contributed by atoms with Crippen LogP contribution >= 0.6 is 0 Å². The van der Waals surface area contributed by atoms with Gasteiger partial charge in [-0.2, -0.15) is 13.8 Å². The molecule has 0 unspecified atom stereocenters. The van der Waals surface area contributed by atoms with E-state index in [1.165, 1.54) is 18.2 Å². The van der Waals surface area contributed by atoms with Crippen molar-refractivity contribution in [3.63, 3.8) is 0 Å². The number of ether oxygens (including phenoxy) is 3. The Hall–Kier alpha value is -4.65. The Morgan fingerprint density at radius 1 is 1.12 bits per heavy atom. The highest BCUT2D eigenvalue weighted by molar-refractivity contribution is 5.95. The lowest BCUT2D eigenvalue weighted by Crippen LogP contribution is -2.40. The molecule has 2 heterocycles. The van der Waals surface area contributed by atoms with Gasteiger partial charge in [-0.25, -0.2) is 0 Å². The number of halogens is 2. The second-order valence-corrected chi connectivity index (χ2v) is 9.36. The number of carboxylic acids is 1. The van der Waals surface area contributed by atoms with Gasteiger partial charge in [-0.1, -0.05) is 6.07 Å². The minimum absolute atomic E-state index is 0.143. The minimum Gasteiger partial charge on any atom is -0.504 e. The third-order valence-corrected chi connectivity index (χ3v) is 6.18. The van der Waals surface area contributed by atoms with Crippen molar-refractivity contribution in [1.82, 2.24) is 9.88 Å². The molecule has 4 rings (SSSR count). The quantitative estimate of drug-likeness (QED) is 0.213. The van der Waals surface area contributed by atoms with Crippen LogP contribution in [0.4, 0.5) is 14.5 Å². The topological polar surface area (TPSA) is 154 Å². The minimum atomic E-state index is -1.27. The normalized spacial score (nSPS) is 14.0. The third kappa shape index (κ3) is 6.67. The Labute approximate surface area is 228 Å². The predicted molar refractivity (Wildman–Crippen MR) is 142 cm³/mol. The largest absolute Gasteiger partial charge is 0.504 e. The Morgan fingerprint density at radius 3 is 2.42 bits per heavy atom. The van der Waals surface area contributed by atoms with E-state index < -0.39 is 47.0 Å². The standard InChI is InChI=1S/C27H29F2N5O6/c1-33(2)16-4-3-5-18(13-16)39-26-22(28)24(38-17-8-10-34(11-9-17)14-21(36)37)23(29)27(32-26)40-20-12-15(25(30)31)6-7-19(20)35/h3-7,12-13,17,35H,8-11,14H2,1-2H3,(H3,30,31)(H,36,37). The van der Waals surface area contributed by atoms with Gasteiger partial charge in [0.15, 0.2) is 11.5 Å². The van der Waals surface area contributed by atoms with Crippen molar-refractivity contribution in [3.8, 4) is 34.8 Å². The first-order valence-electron chi connectivity index (χ1n) is 12.3. The second-order valence-electron chi connectivity index (χ2n) is 9.36. The number of aromatic nitrogens is 1. The fraction of sp³-hybridized carbons (Fsp3) is 0.296. The fourth-order valence-corrected chi connectivity index (χ4v) is 4.07. The van der Waals surface area contributed by atoms with Gasteiger partial charge in [-0.15, -0.1) is 0 Å². The predicted octanol–water partition coefficient (Wildman–Crippen LogP) is 3.93. The summed E-state index contributed by atoms with van der Waals surface area (Å²) in [5.74, 6) is -6.38. The number of carboxylic acid groups (broad SMARTS) is 1. The second kappa shape index (κ2) is 12.0. The highest BCUT2D eigenvalue weighted by Gasteiger charge is 2.30. The van der Waals surface area contributed by atoms with E-state index in [1.54, 1.807) is 23.1 Å². The molecule has 11 nitrogen and oxygen atoms in total. The number of aromatic hydroxyl groups is 1. The number of piperidine rings is 1. The molecule has 3 aromatic rings. The number of nitrogens with two attached hydrogens (primary N) is 1. The van der Waals surface area contributed by atoms with Gasteiger partial charge in [-0.3, -0.25) is 15.1 Å². The fourth-order valence-electron chi connectivity index (χ4n) is 4.07. The summed E-state index contributed by atoms with van der Waals surface area (Å²) in [5.41, 5.74) is 6.46. The first-order valence-corrected chi connectivity index (χ1v) is 12.3. The molecule has 5 N–H and O–H groups in total. The van der Waals surface area contributed by atoms with Gasteiger partial charge in [-0.05, 0) is 43.2 Å². The van der Waals surface area contributed by atoms with Crippen LogP contribution in [-0.2, 0) is 4.79 Å². The average molecular weight is 558 g/mol. The number of pyridine rings is 1. The smallest absolute Gasteiger partial charge is 0.317 e. The van der Waals surface area contributed by atoms with Gasteiger partial charge >= 0.3 is 5.97 Å². The van der Waals surface area contributed by atoms with Crippen LogP contribution in [0, 0.1) is 17.0 Å². The molecule has 0 atom stereocenters. The summed E-state index contributed by atoms with van der Waals surface area (Å²) in [5, 5.41) is 26.9. The number of nitrogens with one attached hydrogen (secondary N) is 1. The van der Waals surface area contributed by atoms with E-state index in [1.807, 2.05) is 25.1 Å². The number of benzene rings is 2. The number of likely N-dealkylation sites (tertiary alicyclic amines) is 1. The van der Waals surface area contributed by atoms with Crippen molar-refractivity contribution < 1.29 is 38.0 Å². The van der Waals surface area contributed by atoms with Crippen molar-refractivity contribution in [2.45, 2.75) is 18.9 Å². The number of hydrogen-bond donors (Lipinski definition) is 4. The van der Waals surface area contributed by atoms with E-state index in [0.29, 0.717) is 25.9 Å². The van der Waals surface area contributed by atoms with Gasteiger partial charge < -0.3 is 35.1 Å². The third-order valence-electron chi connectivity index (χ3n) is 6.18. The number of aliphatic carboxylic acids is 1. The van der Waals surface area contributed by atoms with Crippen molar-refractivity contribution in [2.24, 2.45) is 5.73 Å². The van der Waals surface area contributed by atoms with Crippen LogP contribution in [0.25, 0.3) is 0 Å². The van der Waals surface area contributed by atoms with Gasteiger partial charge in [0.2, 0.25) is 17.4 Å². The van der Waals surface area contributed by atoms with E-state index in [2.05, 4.69) is 4.98 Å². The highest BCUT2D eigenvalue weighted by atomic mass is 19.1. The molecule has 0 saturated carbocycles. The van der Waals surface area contributed by atoms with Crippen LogP contribution in [0.3, 0.4) is 0 Å². The van der Waals surface area contributed by atoms with E-state index in [4.69, 9.17) is 30.5 Å². The Balaban J connectivity index is 1.70. The van der Waals surface area contributed by atoms with Gasteiger partial charge in [0.25, 0.3) is 11.8 Å². The molecule has 1 aliphatic rings. The summed E-state index contributed by atoms with van der Waals surface area (Å²) >= 11 is 0. The average Bonchev–Trinajstić information content (AvgIpc) is 2.91. The van der Waals surface area contributed by atoms with Crippen LogP contribution in [0.1, 0.15) is 18.4 Å². The summed E-state index contributed by atoms with van der Waals surface area (Å²) in [6, 6.07) is 10.5. The Bertz CT molecular complexity index is 1410. The van der Waals surface area contributed by atoms with Crippen molar-refractivity contribution in [1.29, 1.82) is 5.41 Å². The van der Waals surface area contributed by atoms with E-state index in [-0.39, 0.29) is 29.4 Å². The molecular formula is C27H29F2N5O6. The summed E-state index contributed by atoms with van der Waals surface area (Å²) in [6.07, 6.45) is 0.0315. The molecule has 1 fully saturated rings. The van der Waals surface area contributed by atoms with Crippen molar-refractivity contribution in [2.75, 3.05) is 38.6 Å². The number of nitrogens with zero attached hydrogens (tertiary/aromatic N) is 3. The molecule has 40 heavy (non-hydrogen) atoms. The summed E-state index contributed by atoms with van der Waals surface area (Å²) in [6.45, 7) is 0.581. The lowest BCUT2D eigenvalue weighted by molar-refractivity contribution is -0.138. The van der Waals surface area contributed by atoms with Gasteiger partial charge in [0, 0.05) is 44.5 Å². The van der Waals surface area contributed by atoms with Crippen LogP contribution < -0.4 is 24.8 Å². The summed E-state index contributed by atoms with van der Waals surface area (Å²) in [7, 11) is 3.63. The van der Waals surface area contributed by atoms with Crippen molar-refractivity contribution >= 4 is 17.5 Å². The summed E-state index contributed by atoms with van der Waals surface area (Å²) in [4.78, 5) is 18.4. The van der Waals surface area contributed by atoms with E-state index in [9.17, 15) is 9.90 Å². The van der Waals surface area contributed by atoms with Crippen LogP contribution in [0.15, 0.2) is 42.5 Å². The molecule has 0 radical (unpaired) electrons. The monoisotopic (exact) mass is 557 g/mol. The zero-order valence-electron chi connectivity index (χ0n) is 21.9. The lowest BCUT2D eigenvalue weighted by Gasteiger charge is -2.31. The lowest BCUT2D eigenvalue weighted by atomic mass is 10.1. The maximum Gasteiger partial charge on any atom is 0.317 e. The zero-order valence-corrected chi connectivity index (χ0v) is 21.9. The van der Waals surface area contributed by atoms with Crippen molar-refractivity contribution in [3.05, 3.63) is 59.7 Å². The molecular weight excluding hydrogens is 528 g/mol. The molecule has 0 aliphatic carbocycles. The number of carbonyl (C=O) groups is 1. The van der Waals surface area contributed by atoms with Crippen LogP contribution in [-0.4, -0.2) is 71.7 Å². The number of nitrogen functional groups attached to an aromatic ring is 1. The number of amidine groups is 1. The molecule has 0 amide bonds. The Morgan fingerprint density at radius 2 is 1.80 bits per heavy atom.